The average Bonchev–Trinajstić information content (AvgIpc) is 2.81. The van der Waals surface area contributed by atoms with Crippen molar-refractivity contribution in [1.82, 2.24) is 0 Å². The van der Waals surface area contributed by atoms with Crippen molar-refractivity contribution in [3.63, 3.8) is 0 Å². The quantitative estimate of drug-likeness (QED) is 0.563. The second kappa shape index (κ2) is 10.1. The number of rotatable bonds is 8. The molecule has 3 aromatic carbocycles. The third-order valence-electron chi connectivity index (χ3n) is 5.18. The summed E-state index contributed by atoms with van der Waals surface area (Å²) in [5.41, 5.74) is 3.49. The van der Waals surface area contributed by atoms with Crippen molar-refractivity contribution in [1.29, 1.82) is 0 Å². The summed E-state index contributed by atoms with van der Waals surface area (Å²) in [5.74, 6) is 1.49. The number of hydrogen-bond acceptors (Lipinski definition) is 5. The Hall–Kier alpha value is -4.00. The van der Waals surface area contributed by atoms with Gasteiger partial charge < -0.3 is 24.4 Å². The molecule has 7 heteroatoms. The Morgan fingerprint density at radius 3 is 2.24 bits per heavy atom. The molecule has 0 atom stereocenters. The van der Waals surface area contributed by atoms with E-state index in [1.54, 1.807) is 23.1 Å². The second-order valence-corrected chi connectivity index (χ2v) is 7.83. The number of hydrogen-bond donors (Lipinski definition) is 1. The van der Waals surface area contributed by atoms with E-state index in [2.05, 4.69) is 5.32 Å². The number of benzene rings is 3. The van der Waals surface area contributed by atoms with Crippen LogP contribution >= 0.6 is 0 Å². The summed E-state index contributed by atoms with van der Waals surface area (Å²) in [5, 5.41) is 2.80. The van der Waals surface area contributed by atoms with Gasteiger partial charge in [-0.05, 0) is 50.2 Å². The second-order valence-electron chi connectivity index (χ2n) is 7.83. The molecule has 0 saturated heterocycles. The van der Waals surface area contributed by atoms with E-state index in [-0.39, 0.29) is 25.0 Å². The highest BCUT2D eigenvalue weighted by Crippen LogP contribution is 2.34. The van der Waals surface area contributed by atoms with Crippen molar-refractivity contribution >= 4 is 23.2 Å². The third-order valence-corrected chi connectivity index (χ3v) is 5.18. The largest absolute Gasteiger partial charge is 0.492 e. The van der Waals surface area contributed by atoms with Crippen LogP contribution in [0.25, 0.3) is 0 Å². The summed E-state index contributed by atoms with van der Waals surface area (Å²) in [6, 6.07) is 20.5. The van der Waals surface area contributed by atoms with Crippen LogP contribution in [0.5, 0.6) is 17.2 Å². The zero-order chi connectivity index (χ0) is 23.2. The van der Waals surface area contributed by atoms with Gasteiger partial charge in [0.15, 0.2) is 13.2 Å². The monoisotopic (exact) mass is 446 g/mol. The number of carbonyl (C=O) groups excluding carboxylic acids is 2. The molecule has 2 amide bonds. The maximum absolute atomic E-state index is 12.4. The SMILES string of the molecule is Cc1ccc(OCCN2C(=O)COc3cc(NC(=O)COc4ccc(C)cc4)ccc32)cc1. The van der Waals surface area contributed by atoms with Gasteiger partial charge in [0, 0.05) is 11.8 Å². The fourth-order valence-electron chi connectivity index (χ4n) is 3.40. The molecule has 1 aliphatic rings. The zero-order valence-corrected chi connectivity index (χ0v) is 18.7. The number of nitrogens with zero attached hydrogens (tertiary/aromatic N) is 1. The van der Waals surface area contributed by atoms with Gasteiger partial charge in [-0.2, -0.15) is 0 Å². The molecule has 0 radical (unpaired) electrons. The lowest BCUT2D eigenvalue weighted by atomic mass is 10.2. The first-order chi connectivity index (χ1) is 16.0. The lowest BCUT2D eigenvalue weighted by Gasteiger charge is -2.29. The van der Waals surface area contributed by atoms with Gasteiger partial charge in [-0.15, -0.1) is 0 Å². The van der Waals surface area contributed by atoms with Crippen molar-refractivity contribution in [3.05, 3.63) is 77.9 Å². The lowest BCUT2D eigenvalue weighted by Crippen LogP contribution is -2.41. The van der Waals surface area contributed by atoms with Crippen LogP contribution in [-0.2, 0) is 9.59 Å². The first-order valence-corrected chi connectivity index (χ1v) is 10.7. The molecule has 1 heterocycles. The van der Waals surface area contributed by atoms with Crippen LogP contribution < -0.4 is 24.4 Å². The van der Waals surface area contributed by atoms with Crippen LogP contribution in [0.15, 0.2) is 66.7 Å². The highest BCUT2D eigenvalue weighted by molar-refractivity contribution is 5.99. The highest BCUT2D eigenvalue weighted by atomic mass is 16.5. The molecule has 7 nitrogen and oxygen atoms in total. The summed E-state index contributed by atoms with van der Waals surface area (Å²) in [4.78, 5) is 26.3. The molecule has 0 aromatic heterocycles. The Labute approximate surface area is 192 Å². The van der Waals surface area contributed by atoms with Crippen molar-refractivity contribution in [2.24, 2.45) is 0 Å². The van der Waals surface area contributed by atoms with Crippen LogP contribution in [0.4, 0.5) is 11.4 Å². The molecule has 0 bridgehead atoms. The van der Waals surface area contributed by atoms with Crippen LogP contribution in [0.2, 0.25) is 0 Å². The Bertz CT molecular complexity index is 1130. The summed E-state index contributed by atoms with van der Waals surface area (Å²) >= 11 is 0. The van der Waals surface area contributed by atoms with E-state index in [9.17, 15) is 9.59 Å². The predicted molar refractivity (Wildman–Crippen MR) is 126 cm³/mol. The molecule has 3 aromatic rings. The molecule has 0 fully saturated rings. The number of fused-ring (bicyclic) bond motifs is 1. The number of ether oxygens (including phenoxy) is 3. The maximum Gasteiger partial charge on any atom is 0.265 e. The van der Waals surface area contributed by atoms with Crippen LogP contribution in [0.1, 0.15) is 11.1 Å². The molecular weight excluding hydrogens is 420 g/mol. The molecule has 1 aliphatic heterocycles. The third kappa shape index (κ3) is 5.83. The van der Waals surface area contributed by atoms with Gasteiger partial charge in [-0.3, -0.25) is 9.59 Å². The fraction of sp³-hybridized carbons (Fsp3) is 0.231. The number of aryl methyl sites for hydroxylation is 2. The molecule has 0 aliphatic carbocycles. The molecule has 0 saturated carbocycles. The number of carbonyl (C=O) groups is 2. The first-order valence-electron chi connectivity index (χ1n) is 10.7. The Morgan fingerprint density at radius 1 is 0.939 bits per heavy atom. The van der Waals surface area contributed by atoms with Gasteiger partial charge in [0.25, 0.3) is 11.8 Å². The van der Waals surface area contributed by atoms with Gasteiger partial charge >= 0.3 is 0 Å². The molecule has 33 heavy (non-hydrogen) atoms. The van der Waals surface area contributed by atoms with E-state index in [1.165, 1.54) is 0 Å². The Kier molecular flexibility index (Phi) is 6.78. The topological polar surface area (TPSA) is 77.1 Å². The smallest absolute Gasteiger partial charge is 0.265 e. The summed E-state index contributed by atoms with van der Waals surface area (Å²) in [6.45, 7) is 4.57. The Balaban J connectivity index is 1.34. The zero-order valence-electron chi connectivity index (χ0n) is 18.7. The molecule has 0 spiro atoms. The van der Waals surface area contributed by atoms with Crippen molar-refractivity contribution in [2.75, 3.05) is 36.6 Å². The van der Waals surface area contributed by atoms with E-state index < -0.39 is 0 Å². The van der Waals surface area contributed by atoms with E-state index >= 15 is 0 Å². The fourth-order valence-corrected chi connectivity index (χ4v) is 3.40. The van der Waals surface area contributed by atoms with Gasteiger partial charge in [0.05, 0.1) is 12.2 Å². The number of nitrogens with one attached hydrogen (secondary N) is 1. The molecule has 1 N–H and O–H groups in total. The number of amides is 2. The normalized spacial score (nSPS) is 12.5. The average molecular weight is 447 g/mol. The maximum atomic E-state index is 12.4. The van der Waals surface area contributed by atoms with Crippen molar-refractivity contribution in [3.8, 4) is 17.2 Å². The lowest BCUT2D eigenvalue weighted by molar-refractivity contribution is -0.121. The van der Waals surface area contributed by atoms with Crippen LogP contribution in [0.3, 0.4) is 0 Å². The first kappa shape index (κ1) is 22.2. The molecule has 170 valence electrons. The Morgan fingerprint density at radius 2 is 1.58 bits per heavy atom. The minimum Gasteiger partial charge on any atom is -0.492 e. The van der Waals surface area contributed by atoms with E-state index in [0.717, 1.165) is 16.9 Å². The number of anilines is 2. The van der Waals surface area contributed by atoms with Crippen molar-refractivity contribution < 1.29 is 23.8 Å². The van der Waals surface area contributed by atoms with Gasteiger partial charge in [-0.1, -0.05) is 35.4 Å². The van der Waals surface area contributed by atoms with E-state index in [0.29, 0.717) is 36.0 Å². The minimum absolute atomic E-state index is 0.0640. The van der Waals surface area contributed by atoms with E-state index in [4.69, 9.17) is 14.2 Å². The van der Waals surface area contributed by atoms with Gasteiger partial charge in [-0.25, -0.2) is 0 Å². The summed E-state index contributed by atoms with van der Waals surface area (Å²) < 4.78 is 16.9. The molecule has 0 unspecified atom stereocenters. The van der Waals surface area contributed by atoms with Gasteiger partial charge in [0.2, 0.25) is 0 Å². The van der Waals surface area contributed by atoms with Gasteiger partial charge in [0.1, 0.15) is 23.9 Å². The predicted octanol–water partition coefficient (Wildman–Crippen LogP) is 4.13. The van der Waals surface area contributed by atoms with Crippen LogP contribution in [0, 0.1) is 13.8 Å². The molecular formula is C26H26N2O5. The van der Waals surface area contributed by atoms with E-state index in [1.807, 2.05) is 62.4 Å². The molecule has 4 rings (SSSR count). The minimum atomic E-state index is -0.286. The standard InChI is InChI=1S/C26H26N2O5/c1-18-3-8-21(9-4-18)31-14-13-28-23-12-7-20(15-24(23)33-17-26(28)30)27-25(29)16-32-22-10-5-19(2)6-11-22/h3-12,15H,13-14,16-17H2,1-2H3,(H,27,29). The summed E-state index contributed by atoms with van der Waals surface area (Å²) in [7, 11) is 0. The summed E-state index contributed by atoms with van der Waals surface area (Å²) in [6.07, 6.45) is 0. The van der Waals surface area contributed by atoms with Crippen molar-refractivity contribution in [2.45, 2.75) is 13.8 Å². The van der Waals surface area contributed by atoms with Crippen LogP contribution in [-0.4, -0.2) is 38.2 Å². The highest BCUT2D eigenvalue weighted by Gasteiger charge is 2.25.